The Bertz CT molecular complexity index is 384. The minimum Gasteiger partial charge on any atom is -0.383 e. The molecule has 17 heavy (non-hydrogen) atoms. The molecule has 0 radical (unpaired) electrons. The van der Waals surface area contributed by atoms with E-state index in [2.05, 4.69) is 10.3 Å². The monoisotopic (exact) mass is 233 g/mol. The first-order valence-electron chi connectivity index (χ1n) is 6.23. The summed E-state index contributed by atoms with van der Waals surface area (Å²) in [5, 5.41) is 3.31. The Hall–Kier alpha value is -1.42. The predicted octanol–water partition coefficient (Wildman–Crippen LogP) is 1.31. The summed E-state index contributed by atoms with van der Waals surface area (Å²) >= 11 is 0. The van der Waals surface area contributed by atoms with Crippen molar-refractivity contribution in [3.8, 4) is 0 Å². The van der Waals surface area contributed by atoms with E-state index in [1.54, 1.807) is 6.20 Å². The molecule has 0 aliphatic carbocycles. The molecular weight excluding hydrogens is 214 g/mol. The van der Waals surface area contributed by atoms with Crippen LogP contribution >= 0.6 is 0 Å². The van der Waals surface area contributed by atoms with Crippen molar-refractivity contribution in [2.24, 2.45) is 0 Å². The van der Waals surface area contributed by atoms with E-state index in [0.29, 0.717) is 12.2 Å². The number of carbonyl (C=O) groups is 1. The fourth-order valence-corrected chi connectivity index (χ4v) is 2.21. The number of nitrogens with zero attached hydrogens (tertiary/aromatic N) is 1. The van der Waals surface area contributed by atoms with Crippen LogP contribution in [-0.4, -0.2) is 23.4 Å². The number of ketones is 1. The molecule has 3 N–H and O–H groups in total. The van der Waals surface area contributed by atoms with Crippen molar-refractivity contribution in [3.63, 3.8) is 0 Å². The standard InChI is InChI=1S/C13H19N3O/c14-13-10(5-4-8-16-13)9-12(17)11-6-2-1-3-7-15-11/h4-5,8,11,15H,1-3,6-7,9H2,(H2,14,16). The van der Waals surface area contributed by atoms with Crippen LogP contribution in [-0.2, 0) is 11.2 Å². The Balaban J connectivity index is 1.98. The highest BCUT2D eigenvalue weighted by Gasteiger charge is 2.20. The smallest absolute Gasteiger partial charge is 0.154 e. The van der Waals surface area contributed by atoms with E-state index in [4.69, 9.17) is 5.73 Å². The van der Waals surface area contributed by atoms with E-state index in [9.17, 15) is 4.79 Å². The van der Waals surface area contributed by atoms with Gasteiger partial charge >= 0.3 is 0 Å². The first-order valence-corrected chi connectivity index (χ1v) is 6.23. The molecule has 1 unspecified atom stereocenters. The number of Topliss-reactive ketones (excluding diaryl/α,β-unsaturated/α-hetero) is 1. The summed E-state index contributed by atoms with van der Waals surface area (Å²) < 4.78 is 0. The summed E-state index contributed by atoms with van der Waals surface area (Å²) in [6.45, 7) is 0.943. The fourth-order valence-electron chi connectivity index (χ4n) is 2.21. The maximum atomic E-state index is 12.1. The number of aromatic nitrogens is 1. The molecule has 0 bridgehead atoms. The van der Waals surface area contributed by atoms with Crippen molar-refractivity contribution in [3.05, 3.63) is 23.9 Å². The van der Waals surface area contributed by atoms with Gasteiger partial charge in [-0.3, -0.25) is 4.79 Å². The van der Waals surface area contributed by atoms with Gasteiger partial charge in [0, 0.05) is 18.2 Å². The molecule has 1 aromatic rings. The molecule has 1 aromatic heterocycles. The van der Waals surface area contributed by atoms with Crippen molar-refractivity contribution >= 4 is 11.6 Å². The number of anilines is 1. The van der Waals surface area contributed by atoms with Crippen LogP contribution in [0.4, 0.5) is 5.82 Å². The molecule has 1 atom stereocenters. The van der Waals surface area contributed by atoms with Crippen LogP contribution < -0.4 is 11.1 Å². The number of carbonyl (C=O) groups excluding carboxylic acids is 1. The SMILES string of the molecule is Nc1ncccc1CC(=O)C1CCCCCN1. The summed E-state index contributed by atoms with van der Waals surface area (Å²) in [7, 11) is 0. The van der Waals surface area contributed by atoms with Crippen LogP contribution in [0.1, 0.15) is 31.2 Å². The molecule has 0 amide bonds. The number of nitrogens with one attached hydrogen (secondary N) is 1. The van der Waals surface area contributed by atoms with E-state index in [0.717, 1.165) is 24.9 Å². The number of nitrogen functional groups attached to an aromatic ring is 1. The fraction of sp³-hybridized carbons (Fsp3) is 0.538. The van der Waals surface area contributed by atoms with Crippen LogP contribution in [0.2, 0.25) is 0 Å². The number of rotatable bonds is 3. The van der Waals surface area contributed by atoms with Gasteiger partial charge in [0.1, 0.15) is 5.82 Å². The van der Waals surface area contributed by atoms with Crippen molar-refractivity contribution in [2.45, 2.75) is 38.1 Å². The van der Waals surface area contributed by atoms with E-state index in [1.165, 1.54) is 12.8 Å². The van der Waals surface area contributed by atoms with Crippen molar-refractivity contribution in [1.29, 1.82) is 0 Å². The first kappa shape index (κ1) is 12.0. The van der Waals surface area contributed by atoms with E-state index in [-0.39, 0.29) is 11.8 Å². The van der Waals surface area contributed by atoms with Gasteiger partial charge < -0.3 is 11.1 Å². The Kier molecular flexibility index (Phi) is 4.09. The Labute approximate surface area is 102 Å². The Morgan fingerprint density at radius 3 is 3.18 bits per heavy atom. The van der Waals surface area contributed by atoms with Gasteiger partial charge in [0.15, 0.2) is 5.78 Å². The van der Waals surface area contributed by atoms with Gasteiger partial charge in [-0.2, -0.15) is 0 Å². The van der Waals surface area contributed by atoms with Crippen LogP contribution in [0.15, 0.2) is 18.3 Å². The maximum Gasteiger partial charge on any atom is 0.154 e. The Morgan fingerprint density at radius 1 is 1.47 bits per heavy atom. The topological polar surface area (TPSA) is 68.0 Å². The number of pyridine rings is 1. The molecule has 4 nitrogen and oxygen atoms in total. The highest BCUT2D eigenvalue weighted by molar-refractivity contribution is 5.86. The van der Waals surface area contributed by atoms with Crippen molar-refractivity contribution in [1.82, 2.24) is 10.3 Å². The molecule has 4 heteroatoms. The molecule has 1 aliphatic rings. The lowest BCUT2D eigenvalue weighted by Crippen LogP contribution is -2.37. The third kappa shape index (κ3) is 3.27. The zero-order valence-corrected chi connectivity index (χ0v) is 9.98. The molecule has 0 spiro atoms. The third-order valence-corrected chi connectivity index (χ3v) is 3.24. The molecule has 2 rings (SSSR count). The number of hydrogen-bond acceptors (Lipinski definition) is 4. The highest BCUT2D eigenvalue weighted by atomic mass is 16.1. The Morgan fingerprint density at radius 2 is 2.35 bits per heavy atom. The second kappa shape index (κ2) is 5.77. The molecule has 0 saturated carbocycles. The number of hydrogen-bond donors (Lipinski definition) is 2. The van der Waals surface area contributed by atoms with E-state index < -0.39 is 0 Å². The molecule has 92 valence electrons. The largest absolute Gasteiger partial charge is 0.383 e. The second-order valence-corrected chi connectivity index (χ2v) is 4.55. The van der Waals surface area contributed by atoms with Gasteiger partial charge in [-0.25, -0.2) is 4.98 Å². The minimum atomic E-state index is -0.00268. The van der Waals surface area contributed by atoms with Gasteiger partial charge in [0.05, 0.1) is 6.04 Å². The normalized spacial score (nSPS) is 20.8. The van der Waals surface area contributed by atoms with Gasteiger partial charge in [-0.1, -0.05) is 18.9 Å². The predicted molar refractivity (Wildman–Crippen MR) is 67.6 cm³/mol. The average Bonchev–Trinajstić information content (AvgIpc) is 2.61. The lowest BCUT2D eigenvalue weighted by Gasteiger charge is -2.14. The van der Waals surface area contributed by atoms with Gasteiger partial charge in [-0.05, 0) is 25.5 Å². The summed E-state index contributed by atoms with van der Waals surface area (Å²) in [5.41, 5.74) is 6.58. The van der Waals surface area contributed by atoms with Crippen molar-refractivity contribution < 1.29 is 4.79 Å². The summed E-state index contributed by atoms with van der Waals surface area (Å²) in [4.78, 5) is 16.1. The second-order valence-electron chi connectivity index (χ2n) is 4.55. The van der Waals surface area contributed by atoms with Crippen LogP contribution in [0.3, 0.4) is 0 Å². The molecule has 0 aromatic carbocycles. The van der Waals surface area contributed by atoms with E-state index in [1.807, 2.05) is 12.1 Å². The highest BCUT2D eigenvalue weighted by Crippen LogP contribution is 2.13. The van der Waals surface area contributed by atoms with Crippen LogP contribution in [0.25, 0.3) is 0 Å². The van der Waals surface area contributed by atoms with Gasteiger partial charge in [-0.15, -0.1) is 0 Å². The zero-order chi connectivity index (χ0) is 12.1. The maximum absolute atomic E-state index is 12.1. The molecule has 1 aliphatic heterocycles. The first-order chi connectivity index (χ1) is 8.27. The minimum absolute atomic E-state index is 0.00268. The lowest BCUT2D eigenvalue weighted by molar-refractivity contribution is -0.120. The summed E-state index contributed by atoms with van der Waals surface area (Å²) in [5.74, 6) is 0.695. The van der Waals surface area contributed by atoms with Gasteiger partial charge in [0.2, 0.25) is 0 Å². The van der Waals surface area contributed by atoms with Crippen LogP contribution in [0, 0.1) is 0 Å². The third-order valence-electron chi connectivity index (χ3n) is 3.24. The summed E-state index contributed by atoms with van der Waals surface area (Å²) in [6, 6.07) is 3.69. The molecule has 2 heterocycles. The van der Waals surface area contributed by atoms with E-state index >= 15 is 0 Å². The molecular formula is C13H19N3O. The van der Waals surface area contributed by atoms with Gasteiger partial charge in [0.25, 0.3) is 0 Å². The number of nitrogens with two attached hydrogens (primary N) is 1. The molecule has 1 saturated heterocycles. The average molecular weight is 233 g/mol. The van der Waals surface area contributed by atoms with Crippen LogP contribution in [0.5, 0.6) is 0 Å². The lowest BCUT2D eigenvalue weighted by atomic mass is 10.0. The molecule has 1 fully saturated rings. The summed E-state index contributed by atoms with van der Waals surface area (Å²) in [6.07, 6.45) is 6.49. The quantitative estimate of drug-likeness (QED) is 0.826. The zero-order valence-electron chi connectivity index (χ0n) is 9.98. The van der Waals surface area contributed by atoms with Crippen molar-refractivity contribution in [2.75, 3.05) is 12.3 Å².